The van der Waals surface area contributed by atoms with Crippen molar-refractivity contribution in [1.82, 2.24) is 15.0 Å². The zero-order valence-corrected chi connectivity index (χ0v) is 14.6. The van der Waals surface area contributed by atoms with E-state index in [1.165, 1.54) is 12.5 Å². The molecular weight excluding hydrogens is 346 g/mol. The fraction of sp³-hybridized carbons (Fsp3) is 0.0952. The molecule has 4 nitrogen and oxygen atoms in total. The second-order valence-electron chi connectivity index (χ2n) is 6.17. The molecule has 0 fully saturated rings. The van der Waals surface area contributed by atoms with Gasteiger partial charge < -0.3 is 4.90 Å². The van der Waals surface area contributed by atoms with Crippen molar-refractivity contribution in [2.24, 2.45) is 0 Å². The number of aromatic nitrogens is 3. The highest BCUT2D eigenvalue weighted by atomic mass is 19.2. The van der Waals surface area contributed by atoms with Crippen LogP contribution in [0.25, 0.3) is 10.8 Å². The Morgan fingerprint density at radius 1 is 0.889 bits per heavy atom. The predicted molar refractivity (Wildman–Crippen MR) is 101 cm³/mol. The number of nitrogens with zero attached hydrogens (tertiary/aromatic N) is 4. The van der Waals surface area contributed by atoms with Crippen molar-refractivity contribution < 1.29 is 8.78 Å². The fourth-order valence-electron chi connectivity index (χ4n) is 3.11. The third-order valence-electron chi connectivity index (χ3n) is 4.49. The maximum atomic E-state index is 14.2. The van der Waals surface area contributed by atoms with Crippen molar-refractivity contribution in [1.29, 1.82) is 0 Å². The van der Waals surface area contributed by atoms with Crippen LogP contribution in [0.5, 0.6) is 0 Å². The lowest BCUT2D eigenvalue weighted by Crippen LogP contribution is -2.18. The maximum Gasteiger partial charge on any atom is 0.168 e. The Bertz CT molecular complexity index is 1100. The van der Waals surface area contributed by atoms with E-state index >= 15 is 0 Å². The van der Waals surface area contributed by atoms with Crippen LogP contribution in [0.4, 0.5) is 20.2 Å². The normalized spacial score (nSPS) is 10.9. The Kier molecular flexibility index (Phi) is 4.46. The Balaban J connectivity index is 1.85. The lowest BCUT2D eigenvalue weighted by atomic mass is 10.1. The summed E-state index contributed by atoms with van der Waals surface area (Å²) in [5.74, 6) is -1.76. The number of halogens is 2. The predicted octanol–water partition coefficient (Wildman–Crippen LogP) is 4.95. The van der Waals surface area contributed by atoms with Crippen molar-refractivity contribution in [2.45, 2.75) is 13.5 Å². The average Bonchev–Trinajstić information content (AvgIpc) is 2.70. The average molecular weight is 362 g/mol. The molecular formula is C21H16F2N4. The second kappa shape index (κ2) is 7.07. The van der Waals surface area contributed by atoms with Crippen LogP contribution in [-0.4, -0.2) is 15.0 Å². The van der Waals surface area contributed by atoms with Gasteiger partial charge in [0.25, 0.3) is 0 Å². The quantitative estimate of drug-likeness (QED) is 0.515. The molecule has 0 aliphatic rings. The van der Waals surface area contributed by atoms with E-state index in [9.17, 15) is 8.78 Å². The Hall–Kier alpha value is -3.41. The molecule has 0 radical (unpaired) electrons. The van der Waals surface area contributed by atoms with E-state index in [2.05, 4.69) is 15.0 Å². The molecule has 6 heteroatoms. The Morgan fingerprint density at radius 2 is 1.70 bits per heavy atom. The highest BCUT2D eigenvalue weighted by molar-refractivity contribution is 5.86. The summed E-state index contributed by atoms with van der Waals surface area (Å²) in [7, 11) is 0. The number of hydrogen-bond acceptors (Lipinski definition) is 4. The van der Waals surface area contributed by atoms with Gasteiger partial charge in [0, 0.05) is 23.5 Å². The zero-order chi connectivity index (χ0) is 18.8. The van der Waals surface area contributed by atoms with E-state index in [4.69, 9.17) is 0 Å². The standard InChI is InChI=1S/C21H16F2N4/c1-14-20(11-25-13-26-14)27(16-5-3-2-4-6-16)12-15-9-24-10-18-17(15)7-8-19(22)21(18)23/h2-11,13H,12H2,1H3. The summed E-state index contributed by atoms with van der Waals surface area (Å²) in [6.07, 6.45) is 6.27. The van der Waals surface area contributed by atoms with Gasteiger partial charge in [-0.1, -0.05) is 24.3 Å². The molecule has 0 N–H and O–H groups in total. The first-order chi connectivity index (χ1) is 13.1. The Labute approximate surface area is 155 Å². The molecule has 0 atom stereocenters. The number of fused-ring (bicyclic) bond motifs is 1. The molecule has 0 saturated heterocycles. The van der Waals surface area contributed by atoms with E-state index in [1.807, 2.05) is 42.2 Å². The highest BCUT2D eigenvalue weighted by Gasteiger charge is 2.17. The lowest BCUT2D eigenvalue weighted by Gasteiger charge is -2.26. The molecule has 2 aromatic carbocycles. The van der Waals surface area contributed by atoms with Crippen LogP contribution < -0.4 is 4.90 Å². The van der Waals surface area contributed by atoms with Crippen LogP contribution in [-0.2, 0) is 6.54 Å². The monoisotopic (exact) mass is 362 g/mol. The summed E-state index contributed by atoms with van der Waals surface area (Å²) in [6, 6.07) is 12.5. The van der Waals surface area contributed by atoms with Crippen LogP contribution in [0.1, 0.15) is 11.3 Å². The summed E-state index contributed by atoms with van der Waals surface area (Å²) < 4.78 is 27.8. The van der Waals surface area contributed by atoms with Crippen molar-refractivity contribution in [3.63, 3.8) is 0 Å². The molecule has 0 spiro atoms. The number of aryl methyl sites for hydroxylation is 1. The molecule has 2 heterocycles. The third-order valence-corrected chi connectivity index (χ3v) is 4.49. The molecule has 0 aliphatic carbocycles. The van der Waals surface area contributed by atoms with E-state index in [0.717, 1.165) is 28.7 Å². The summed E-state index contributed by atoms with van der Waals surface area (Å²) >= 11 is 0. The van der Waals surface area contributed by atoms with E-state index in [-0.39, 0.29) is 5.39 Å². The van der Waals surface area contributed by atoms with Gasteiger partial charge in [0.1, 0.15) is 6.33 Å². The molecule has 4 aromatic rings. The molecule has 0 unspecified atom stereocenters. The smallest absolute Gasteiger partial charge is 0.168 e. The first kappa shape index (κ1) is 17.0. The molecule has 4 rings (SSSR count). The first-order valence-corrected chi connectivity index (χ1v) is 8.45. The molecule has 0 aliphatic heterocycles. The van der Waals surface area contributed by atoms with Gasteiger partial charge in [-0.2, -0.15) is 0 Å². The molecule has 2 aromatic heterocycles. The summed E-state index contributed by atoms with van der Waals surface area (Å²) in [5.41, 5.74) is 3.37. The number of benzene rings is 2. The summed E-state index contributed by atoms with van der Waals surface area (Å²) in [6.45, 7) is 2.32. The van der Waals surface area contributed by atoms with Gasteiger partial charge >= 0.3 is 0 Å². The molecule has 0 saturated carbocycles. The van der Waals surface area contributed by atoms with Gasteiger partial charge in [-0.05, 0) is 36.1 Å². The van der Waals surface area contributed by atoms with Gasteiger partial charge in [0.2, 0.25) is 0 Å². The number of pyridine rings is 1. The number of hydrogen-bond donors (Lipinski definition) is 0. The zero-order valence-electron chi connectivity index (χ0n) is 14.6. The van der Waals surface area contributed by atoms with Crippen LogP contribution in [0.15, 0.2) is 67.4 Å². The van der Waals surface area contributed by atoms with Crippen LogP contribution in [0, 0.1) is 18.6 Å². The summed E-state index contributed by atoms with van der Waals surface area (Å²) in [4.78, 5) is 14.6. The summed E-state index contributed by atoms with van der Waals surface area (Å²) in [5, 5.41) is 0.792. The van der Waals surface area contributed by atoms with Crippen LogP contribution in [0.3, 0.4) is 0 Å². The van der Waals surface area contributed by atoms with Crippen LogP contribution in [0.2, 0.25) is 0 Å². The second-order valence-corrected chi connectivity index (χ2v) is 6.17. The van der Waals surface area contributed by atoms with Gasteiger partial charge in [-0.25, -0.2) is 18.7 Å². The topological polar surface area (TPSA) is 41.9 Å². The van der Waals surface area contributed by atoms with Gasteiger partial charge in [0.05, 0.1) is 24.1 Å². The van der Waals surface area contributed by atoms with Crippen LogP contribution >= 0.6 is 0 Å². The van der Waals surface area contributed by atoms with Crippen molar-refractivity contribution in [3.8, 4) is 0 Å². The van der Waals surface area contributed by atoms with Gasteiger partial charge in [-0.3, -0.25) is 4.98 Å². The minimum Gasteiger partial charge on any atom is -0.334 e. The lowest BCUT2D eigenvalue weighted by molar-refractivity contribution is 0.517. The third kappa shape index (κ3) is 3.21. The number of anilines is 2. The molecule has 0 bridgehead atoms. The maximum absolute atomic E-state index is 14.2. The largest absolute Gasteiger partial charge is 0.334 e. The van der Waals surface area contributed by atoms with E-state index < -0.39 is 11.6 Å². The molecule has 0 amide bonds. The number of rotatable bonds is 4. The highest BCUT2D eigenvalue weighted by Crippen LogP contribution is 2.31. The van der Waals surface area contributed by atoms with Crippen molar-refractivity contribution in [3.05, 3.63) is 90.3 Å². The first-order valence-electron chi connectivity index (χ1n) is 8.45. The minimum atomic E-state index is -0.882. The Morgan fingerprint density at radius 3 is 2.48 bits per heavy atom. The SMILES string of the molecule is Cc1ncncc1N(Cc1cncc2c(F)c(F)ccc12)c1ccccc1. The van der Waals surface area contributed by atoms with Crippen molar-refractivity contribution in [2.75, 3.05) is 4.90 Å². The number of para-hydroxylation sites is 1. The van der Waals surface area contributed by atoms with Gasteiger partial charge in [-0.15, -0.1) is 0 Å². The van der Waals surface area contributed by atoms with E-state index in [1.54, 1.807) is 18.5 Å². The molecule has 27 heavy (non-hydrogen) atoms. The van der Waals surface area contributed by atoms with Gasteiger partial charge in [0.15, 0.2) is 11.6 Å². The van der Waals surface area contributed by atoms with E-state index in [0.29, 0.717) is 11.9 Å². The molecule has 134 valence electrons. The fourth-order valence-corrected chi connectivity index (χ4v) is 3.11. The van der Waals surface area contributed by atoms with Crippen molar-refractivity contribution >= 4 is 22.1 Å². The minimum absolute atomic E-state index is 0.168.